The molecular weight excluding hydrogens is 208 g/mol. The van der Waals surface area contributed by atoms with Crippen LogP contribution in [0, 0.1) is 0 Å². The van der Waals surface area contributed by atoms with Gasteiger partial charge in [-0.15, -0.1) is 0 Å². The molecule has 0 bridgehead atoms. The summed E-state index contributed by atoms with van der Waals surface area (Å²) in [6.07, 6.45) is 1.93. The molecule has 0 radical (unpaired) electrons. The zero-order valence-corrected chi connectivity index (χ0v) is 10.1. The van der Waals surface area contributed by atoms with E-state index in [9.17, 15) is 4.79 Å². The number of likely N-dealkylation sites (tertiary alicyclic amines) is 1. The first-order valence-electron chi connectivity index (χ1n) is 5.76. The summed E-state index contributed by atoms with van der Waals surface area (Å²) in [5, 5.41) is 0. The van der Waals surface area contributed by atoms with Gasteiger partial charge in [0.25, 0.3) is 0 Å². The third-order valence-electron chi connectivity index (χ3n) is 2.95. The fraction of sp³-hybridized carbons (Fsp3) is 0.909. The summed E-state index contributed by atoms with van der Waals surface area (Å²) in [6, 6.07) is 0. The lowest BCUT2D eigenvalue weighted by molar-refractivity contribution is -0.153. The largest absolute Gasteiger partial charge is 0.462 e. The number of nitrogens with zero attached hydrogens (tertiary/aromatic N) is 1. The zero-order valence-electron chi connectivity index (χ0n) is 10.1. The van der Waals surface area contributed by atoms with Crippen molar-refractivity contribution in [2.75, 3.05) is 33.8 Å². The third-order valence-corrected chi connectivity index (χ3v) is 2.95. The van der Waals surface area contributed by atoms with Gasteiger partial charge in [0.1, 0.15) is 6.10 Å². The molecule has 1 unspecified atom stereocenters. The van der Waals surface area contributed by atoms with E-state index in [-0.39, 0.29) is 24.6 Å². The number of hydrogen-bond acceptors (Lipinski definition) is 5. The summed E-state index contributed by atoms with van der Waals surface area (Å²) >= 11 is 0. The molecule has 16 heavy (non-hydrogen) atoms. The van der Waals surface area contributed by atoms with Crippen molar-refractivity contribution in [2.45, 2.75) is 31.5 Å². The molecule has 0 spiro atoms. The van der Waals surface area contributed by atoms with Crippen LogP contribution in [-0.4, -0.2) is 56.9 Å². The van der Waals surface area contributed by atoms with Crippen molar-refractivity contribution in [3.63, 3.8) is 0 Å². The van der Waals surface area contributed by atoms with Gasteiger partial charge in [-0.25, -0.2) is 0 Å². The highest BCUT2D eigenvalue weighted by molar-refractivity contribution is 5.70. The van der Waals surface area contributed by atoms with Crippen molar-refractivity contribution in [3.8, 4) is 0 Å². The molecule has 0 aromatic heterocycles. The Balaban J connectivity index is 2.23. The SMILES string of the molecule is COC(CN)CC(=O)OC1CCN(C)CC1. The maximum Gasteiger partial charge on any atom is 0.308 e. The van der Waals surface area contributed by atoms with Gasteiger partial charge in [-0.1, -0.05) is 0 Å². The van der Waals surface area contributed by atoms with Crippen molar-refractivity contribution in [1.29, 1.82) is 0 Å². The van der Waals surface area contributed by atoms with Crippen LogP contribution < -0.4 is 5.73 Å². The summed E-state index contributed by atoms with van der Waals surface area (Å²) in [6.45, 7) is 2.32. The molecule has 1 rings (SSSR count). The second-order valence-corrected chi connectivity index (χ2v) is 4.29. The van der Waals surface area contributed by atoms with Gasteiger partial charge in [-0.2, -0.15) is 0 Å². The number of piperidine rings is 1. The molecule has 0 saturated carbocycles. The minimum Gasteiger partial charge on any atom is -0.462 e. The Morgan fingerprint density at radius 3 is 2.62 bits per heavy atom. The number of rotatable bonds is 5. The fourth-order valence-corrected chi connectivity index (χ4v) is 1.79. The van der Waals surface area contributed by atoms with E-state index in [1.807, 2.05) is 0 Å². The second kappa shape index (κ2) is 6.83. The molecule has 0 amide bonds. The molecule has 5 nitrogen and oxygen atoms in total. The van der Waals surface area contributed by atoms with Crippen molar-refractivity contribution in [3.05, 3.63) is 0 Å². The molecule has 1 aliphatic rings. The van der Waals surface area contributed by atoms with Crippen LogP contribution in [0.15, 0.2) is 0 Å². The van der Waals surface area contributed by atoms with Gasteiger partial charge in [-0.05, 0) is 19.9 Å². The van der Waals surface area contributed by atoms with E-state index >= 15 is 0 Å². The summed E-state index contributed by atoms with van der Waals surface area (Å²) < 4.78 is 10.4. The molecule has 0 aromatic carbocycles. The number of nitrogens with two attached hydrogens (primary N) is 1. The molecule has 1 heterocycles. The van der Waals surface area contributed by atoms with Gasteiger partial charge in [0.2, 0.25) is 0 Å². The minimum absolute atomic E-state index is 0.0685. The van der Waals surface area contributed by atoms with Crippen molar-refractivity contribution < 1.29 is 14.3 Å². The molecule has 1 atom stereocenters. The van der Waals surface area contributed by atoms with Gasteiger partial charge in [0, 0.05) is 26.7 Å². The molecule has 1 fully saturated rings. The lowest BCUT2D eigenvalue weighted by atomic mass is 10.1. The Bertz CT molecular complexity index is 211. The van der Waals surface area contributed by atoms with Crippen LogP contribution in [0.3, 0.4) is 0 Å². The van der Waals surface area contributed by atoms with Crippen LogP contribution in [0.5, 0.6) is 0 Å². The molecule has 0 aliphatic carbocycles. The highest BCUT2D eigenvalue weighted by atomic mass is 16.5. The Morgan fingerprint density at radius 2 is 2.12 bits per heavy atom. The Kier molecular flexibility index (Phi) is 5.73. The van der Waals surface area contributed by atoms with Crippen molar-refractivity contribution in [1.82, 2.24) is 4.90 Å². The van der Waals surface area contributed by atoms with Gasteiger partial charge in [-0.3, -0.25) is 4.79 Å². The van der Waals surface area contributed by atoms with Crippen LogP contribution in [0.25, 0.3) is 0 Å². The van der Waals surface area contributed by atoms with Crippen LogP contribution in [0.4, 0.5) is 0 Å². The van der Waals surface area contributed by atoms with Gasteiger partial charge < -0.3 is 20.1 Å². The maximum atomic E-state index is 11.5. The fourth-order valence-electron chi connectivity index (χ4n) is 1.79. The number of carbonyl (C=O) groups excluding carboxylic acids is 1. The molecule has 94 valence electrons. The Morgan fingerprint density at radius 1 is 1.50 bits per heavy atom. The average Bonchev–Trinajstić information content (AvgIpc) is 2.29. The molecule has 1 saturated heterocycles. The van der Waals surface area contributed by atoms with E-state index in [1.54, 1.807) is 7.11 Å². The predicted octanol–water partition coefficient (Wildman–Crippen LogP) is -0.0124. The summed E-state index contributed by atoms with van der Waals surface area (Å²) in [5.41, 5.74) is 5.44. The quantitative estimate of drug-likeness (QED) is 0.673. The third kappa shape index (κ3) is 4.47. The van der Waals surface area contributed by atoms with Crippen molar-refractivity contribution >= 4 is 5.97 Å². The first-order chi connectivity index (χ1) is 7.65. The lowest BCUT2D eigenvalue weighted by Gasteiger charge is -2.28. The van der Waals surface area contributed by atoms with E-state index in [0.717, 1.165) is 25.9 Å². The first kappa shape index (κ1) is 13.4. The maximum absolute atomic E-state index is 11.5. The molecule has 1 aliphatic heterocycles. The Hall–Kier alpha value is -0.650. The summed E-state index contributed by atoms with van der Waals surface area (Å²) in [7, 11) is 3.63. The van der Waals surface area contributed by atoms with Crippen LogP contribution in [-0.2, 0) is 14.3 Å². The van der Waals surface area contributed by atoms with E-state index in [2.05, 4.69) is 11.9 Å². The number of esters is 1. The normalized spacial score (nSPS) is 20.7. The zero-order chi connectivity index (χ0) is 12.0. The van der Waals surface area contributed by atoms with Gasteiger partial charge in [0.05, 0.1) is 12.5 Å². The van der Waals surface area contributed by atoms with Crippen LogP contribution >= 0.6 is 0 Å². The average molecular weight is 230 g/mol. The first-order valence-corrected chi connectivity index (χ1v) is 5.76. The minimum atomic E-state index is -0.223. The lowest BCUT2D eigenvalue weighted by Crippen LogP contribution is -2.36. The highest BCUT2D eigenvalue weighted by Crippen LogP contribution is 2.13. The van der Waals surface area contributed by atoms with E-state index in [4.69, 9.17) is 15.2 Å². The van der Waals surface area contributed by atoms with Crippen LogP contribution in [0.2, 0.25) is 0 Å². The monoisotopic (exact) mass is 230 g/mol. The molecular formula is C11H22N2O3. The summed E-state index contributed by atoms with van der Waals surface area (Å²) in [5.74, 6) is -0.202. The molecule has 5 heteroatoms. The smallest absolute Gasteiger partial charge is 0.308 e. The van der Waals surface area contributed by atoms with Gasteiger partial charge in [0.15, 0.2) is 0 Å². The Labute approximate surface area is 96.9 Å². The van der Waals surface area contributed by atoms with Crippen LogP contribution in [0.1, 0.15) is 19.3 Å². The number of hydrogen-bond donors (Lipinski definition) is 1. The standard InChI is InChI=1S/C11H22N2O3/c1-13-5-3-9(4-6-13)16-11(14)7-10(8-12)15-2/h9-10H,3-8,12H2,1-2H3. The van der Waals surface area contributed by atoms with Crippen molar-refractivity contribution in [2.24, 2.45) is 5.73 Å². The van der Waals surface area contributed by atoms with E-state index in [0.29, 0.717) is 6.54 Å². The highest BCUT2D eigenvalue weighted by Gasteiger charge is 2.21. The number of carbonyl (C=O) groups is 1. The second-order valence-electron chi connectivity index (χ2n) is 4.29. The topological polar surface area (TPSA) is 64.8 Å². The van der Waals surface area contributed by atoms with E-state index < -0.39 is 0 Å². The molecule has 2 N–H and O–H groups in total. The number of methoxy groups -OCH3 is 1. The summed E-state index contributed by atoms with van der Waals surface area (Å²) in [4.78, 5) is 13.8. The number of ether oxygens (including phenoxy) is 2. The predicted molar refractivity (Wildman–Crippen MR) is 61.1 cm³/mol. The van der Waals surface area contributed by atoms with Gasteiger partial charge >= 0.3 is 5.97 Å². The molecule has 0 aromatic rings. The van der Waals surface area contributed by atoms with E-state index in [1.165, 1.54) is 0 Å².